The van der Waals surface area contributed by atoms with Crippen LogP contribution < -0.4 is 5.32 Å². The molecule has 0 fully saturated rings. The SMILES string of the molecule is N#CC(C=O)(C(=O)Nc1ccccc1)c1nn(-c2ccccc2)c2c1sc1ccccc12. The number of thiophene rings is 1. The number of benzene rings is 3. The molecule has 2 heterocycles. The number of nitrogens with zero attached hydrogens (tertiary/aromatic N) is 3. The van der Waals surface area contributed by atoms with E-state index in [4.69, 9.17) is 0 Å². The number of fused-ring (bicyclic) bond motifs is 3. The minimum atomic E-state index is -2.10. The number of amides is 1. The minimum Gasteiger partial charge on any atom is -0.324 e. The van der Waals surface area contributed by atoms with Gasteiger partial charge in [0.15, 0.2) is 6.29 Å². The number of carbonyl (C=O) groups excluding carboxylic acids is 2. The summed E-state index contributed by atoms with van der Waals surface area (Å²) in [6.07, 6.45) is 0.382. The first-order valence-corrected chi connectivity index (χ1v) is 10.7. The molecule has 0 radical (unpaired) electrons. The fourth-order valence-corrected chi connectivity index (χ4v) is 4.94. The first kappa shape index (κ1) is 19.7. The maximum atomic E-state index is 13.3. The van der Waals surface area contributed by atoms with Crippen molar-refractivity contribution >= 4 is 49.5 Å². The number of nitriles is 1. The smallest absolute Gasteiger partial charge is 0.258 e. The van der Waals surface area contributed by atoms with E-state index in [1.165, 1.54) is 11.3 Å². The van der Waals surface area contributed by atoms with Crippen LogP contribution in [0.15, 0.2) is 84.9 Å². The molecule has 0 saturated carbocycles. The molecule has 154 valence electrons. The molecule has 6 nitrogen and oxygen atoms in total. The van der Waals surface area contributed by atoms with Gasteiger partial charge in [-0.3, -0.25) is 4.79 Å². The van der Waals surface area contributed by atoms with Crippen LogP contribution in [0.1, 0.15) is 5.69 Å². The van der Waals surface area contributed by atoms with E-state index in [-0.39, 0.29) is 5.69 Å². The van der Waals surface area contributed by atoms with Crippen molar-refractivity contribution in [2.75, 3.05) is 5.32 Å². The molecular weight excluding hydrogens is 420 g/mol. The van der Waals surface area contributed by atoms with Crippen LogP contribution >= 0.6 is 11.3 Å². The van der Waals surface area contributed by atoms with E-state index < -0.39 is 11.3 Å². The molecule has 5 aromatic rings. The fraction of sp³-hybridized carbons (Fsp3) is 0.0400. The Morgan fingerprint density at radius 2 is 1.66 bits per heavy atom. The average molecular weight is 436 g/mol. The zero-order valence-corrected chi connectivity index (χ0v) is 17.5. The van der Waals surface area contributed by atoms with Crippen LogP contribution in [0.3, 0.4) is 0 Å². The molecule has 3 aromatic carbocycles. The molecule has 32 heavy (non-hydrogen) atoms. The normalized spacial score (nSPS) is 12.8. The van der Waals surface area contributed by atoms with Crippen molar-refractivity contribution in [3.8, 4) is 11.8 Å². The molecule has 0 aliphatic heterocycles. The van der Waals surface area contributed by atoms with Gasteiger partial charge in [-0.2, -0.15) is 10.4 Å². The van der Waals surface area contributed by atoms with Gasteiger partial charge < -0.3 is 10.1 Å². The van der Waals surface area contributed by atoms with E-state index in [0.717, 1.165) is 21.3 Å². The molecule has 1 atom stereocenters. The third-order valence-electron chi connectivity index (χ3n) is 5.31. The largest absolute Gasteiger partial charge is 0.324 e. The van der Waals surface area contributed by atoms with E-state index in [0.29, 0.717) is 16.7 Å². The molecule has 5 rings (SSSR count). The highest BCUT2D eigenvalue weighted by atomic mass is 32.1. The molecule has 2 aromatic heterocycles. The summed E-state index contributed by atoms with van der Waals surface area (Å²) in [6, 6.07) is 27.9. The second kappa shape index (κ2) is 7.76. The lowest BCUT2D eigenvalue weighted by atomic mass is 9.86. The molecule has 7 heteroatoms. The lowest BCUT2D eigenvalue weighted by Gasteiger charge is -2.17. The third kappa shape index (κ3) is 2.97. The van der Waals surface area contributed by atoms with Crippen LogP contribution in [0.4, 0.5) is 5.69 Å². The Kier molecular flexibility index (Phi) is 4.77. The number of aldehydes is 1. The van der Waals surface area contributed by atoms with Gasteiger partial charge in [0.05, 0.1) is 22.0 Å². The maximum Gasteiger partial charge on any atom is 0.258 e. The summed E-state index contributed by atoms with van der Waals surface area (Å²) in [4.78, 5) is 25.7. The lowest BCUT2D eigenvalue weighted by Crippen LogP contribution is -2.41. The zero-order valence-electron chi connectivity index (χ0n) is 16.7. The number of anilines is 1. The zero-order chi connectivity index (χ0) is 22.1. The van der Waals surface area contributed by atoms with E-state index in [2.05, 4.69) is 10.4 Å². The predicted octanol–water partition coefficient (Wildman–Crippen LogP) is 4.84. The number of hydrogen-bond acceptors (Lipinski definition) is 5. The first-order chi connectivity index (χ1) is 15.7. The van der Waals surface area contributed by atoms with E-state index in [9.17, 15) is 14.9 Å². The van der Waals surface area contributed by atoms with Gasteiger partial charge in [0.25, 0.3) is 5.91 Å². The summed E-state index contributed by atoms with van der Waals surface area (Å²) in [6.45, 7) is 0. The Balaban J connectivity index is 1.77. The Bertz CT molecular complexity index is 1500. The van der Waals surface area contributed by atoms with Crippen molar-refractivity contribution in [2.24, 2.45) is 0 Å². The monoisotopic (exact) mass is 436 g/mol. The first-order valence-electron chi connectivity index (χ1n) is 9.88. The predicted molar refractivity (Wildman–Crippen MR) is 125 cm³/mol. The highest BCUT2D eigenvalue weighted by molar-refractivity contribution is 7.26. The van der Waals surface area contributed by atoms with E-state index in [1.807, 2.05) is 66.7 Å². The number of para-hydroxylation sites is 2. The van der Waals surface area contributed by atoms with Crippen molar-refractivity contribution in [2.45, 2.75) is 5.41 Å². The molecule has 0 aliphatic rings. The van der Waals surface area contributed by atoms with Crippen molar-refractivity contribution in [3.63, 3.8) is 0 Å². The van der Waals surface area contributed by atoms with Gasteiger partial charge in [-0.15, -0.1) is 11.3 Å². The Hall–Kier alpha value is -4.28. The highest BCUT2D eigenvalue weighted by Crippen LogP contribution is 2.41. The number of rotatable bonds is 5. The van der Waals surface area contributed by atoms with Crippen molar-refractivity contribution < 1.29 is 9.59 Å². The highest BCUT2D eigenvalue weighted by Gasteiger charge is 2.46. The van der Waals surface area contributed by atoms with Gasteiger partial charge in [0.1, 0.15) is 5.69 Å². The minimum absolute atomic E-state index is 0.128. The fourth-order valence-electron chi connectivity index (χ4n) is 3.71. The Morgan fingerprint density at radius 3 is 2.34 bits per heavy atom. The summed E-state index contributed by atoms with van der Waals surface area (Å²) >= 11 is 1.41. The molecule has 1 unspecified atom stereocenters. The maximum absolute atomic E-state index is 13.3. The van der Waals surface area contributed by atoms with Crippen LogP contribution in [-0.2, 0) is 15.0 Å². The topological polar surface area (TPSA) is 87.8 Å². The second-order valence-electron chi connectivity index (χ2n) is 7.23. The number of carbonyl (C=O) groups is 2. The summed E-state index contributed by atoms with van der Waals surface area (Å²) < 4.78 is 3.31. The van der Waals surface area contributed by atoms with Gasteiger partial charge in [-0.25, -0.2) is 4.68 Å². The van der Waals surface area contributed by atoms with Gasteiger partial charge in [0, 0.05) is 15.8 Å². The molecule has 0 aliphatic carbocycles. The second-order valence-corrected chi connectivity index (χ2v) is 8.28. The van der Waals surface area contributed by atoms with Crippen LogP contribution in [0.5, 0.6) is 0 Å². The van der Waals surface area contributed by atoms with E-state index >= 15 is 0 Å². The van der Waals surface area contributed by atoms with Gasteiger partial charge in [-0.05, 0) is 30.3 Å². The van der Waals surface area contributed by atoms with Crippen molar-refractivity contribution in [3.05, 3.63) is 90.6 Å². The average Bonchev–Trinajstić information content (AvgIpc) is 3.40. The lowest BCUT2D eigenvalue weighted by molar-refractivity contribution is -0.125. The van der Waals surface area contributed by atoms with Crippen LogP contribution in [0.2, 0.25) is 0 Å². The molecule has 0 saturated heterocycles. The van der Waals surface area contributed by atoms with E-state index in [1.54, 1.807) is 28.9 Å². The standard InChI is InChI=1S/C25H16N4O2S/c26-15-25(16-30,24(31)27-17-9-3-1-4-10-17)23-22-21(19-13-7-8-14-20(19)32-22)29(28-23)18-11-5-2-6-12-18/h1-14,16H,(H,27,31). The Morgan fingerprint density at radius 1 is 1.00 bits per heavy atom. The quantitative estimate of drug-likeness (QED) is 0.315. The molecule has 1 amide bonds. The third-order valence-corrected chi connectivity index (χ3v) is 6.48. The summed E-state index contributed by atoms with van der Waals surface area (Å²) in [5.41, 5.74) is 0.0569. The van der Waals surface area contributed by atoms with Gasteiger partial charge >= 0.3 is 0 Å². The van der Waals surface area contributed by atoms with Gasteiger partial charge in [0.2, 0.25) is 5.41 Å². The number of nitrogens with one attached hydrogen (secondary N) is 1. The van der Waals surface area contributed by atoms with Crippen molar-refractivity contribution in [1.29, 1.82) is 5.26 Å². The molecule has 0 spiro atoms. The van der Waals surface area contributed by atoms with Crippen LogP contribution in [0, 0.1) is 11.3 Å². The number of hydrogen-bond donors (Lipinski definition) is 1. The number of aromatic nitrogens is 2. The van der Waals surface area contributed by atoms with Crippen LogP contribution in [-0.4, -0.2) is 22.0 Å². The van der Waals surface area contributed by atoms with Crippen molar-refractivity contribution in [1.82, 2.24) is 9.78 Å². The summed E-state index contributed by atoms with van der Waals surface area (Å²) in [7, 11) is 0. The molecular formula is C25H16N4O2S. The van der Waals surface area contributed by atoms with Crippen LogP contribution in [0.25, 0.3) is 26.0 Å². The summed E-state index contributed by atoms with van der Waals surface area (Å²) in [5.74, 6) is -0.738. The molecule has 1 N–H and O–H groups in total. The summed E-state index contributed by atoms with van der Waals surface area (Å²) in [5, 5.41) is 18.4. The Labute approximate surface area is 187 Å². The van der Waals surface area contributed by atoms with Gasteiger partial charge in [-0.1, -0.05) is 54.6 Å². The molecule has 0 bridgehead atoms.